The molecule has 2 rings (SSSR count). The van der Waals surface area contributed by atoms with Crippen molar-refractivity contribution in [3.63, 3.8) is 0 Å². The minimum absolute atomic E-state index is 0. The summed E-state index contributed by atoms with van der Waals surface area (Å²) in [6.45, 7) is 7.72. The number of halogens is 1. The molecule has 5 nitrogen and oxygen atoms in total. The predicted octanol–water partition coefficient (Wildman–Crippen LogP) is 2.92. The maximum Gasteiger partial charge on any atom is 0.193 e. The Labute approximate surface area is 162 Å². The van der Waals surface area contributed by atoms with E-state index < -0.39 is 0 Å². The highest BCUT2D eigenvalue weighted by atomic mass is 127. The average Bonchev–Trinajstić information content (AvgIpc) is 2.97. The van der Waals surface area contributed by atoms with Crippen molar-refractivity contribution in [3.8, 4) is 5.75 Å². The van der Waals surface area contributed by atoms with E-state index in [-0.39, 0.29) is 30.1 Å². The molecular weight excluding hydrogens is 417 g/mol. The molecule has 0 aromatic heterocycles. The van der Waals surface area contributed by atoms with Gasteiger partial charge in [0, 0.05) is 33.2 Å². The molecule has 136 valence electrons. The van der Waals surface area contributed by atoms with Crippen molar-refractivity contribution in [2.24, 2.45) is 10.9 Å². The highest BCUT2D eigenvalue weighted by molar-refractivity contribution is 14.0. The van der Waals surface area contributed by atoms with Gasteiger partial charge in [0.2, 0.25) is 0 Å². The summed E-state index contributed by atoms with van der Waals surface area (Å²) in [6, 6.07) is 8.14. The zero-order valence-corrected chi connectivity index (χ0v) is 17.4. The minimum Gasteiger partial charge on any atom is -0.489 e. The first kappa shape index (κ1) is 21.0. The maximum atomic E-state index is 5.96. The summed E-state index contributed by atoms with van der Waals surface area (Å²) >= 11 is 0. The molecule has 1 aliphatic rings. The Morgan fingerprint density at radius 3 is 2.92 bits per heavy atom. The van der Waals surface area contributed by atoms with E-state index in [1.807, 2.05) is 19.2 Å². The molecule has 1 N–H and O–H groups in total. The fourth-order valence-electron chi connectivity index (χ4n) is 2.93. The fraction of sp³-hybridized carbons (Fsp3) is 0.611. The normalized spacial score (nSPS) is 18.9. The van der Waals surface area contributed by atoms with Gasteiger partial charge in [-0.2, -0.15) is 0 Å². The Balaban J connectivity index is 0.00000288. The standard InChI is InChI=1S/C18H29N3O2.HI/c1-14-6-5-7-17(10-14)23-15(2)11-20-18(19-3)21-9-8-16(12-21)13-22-4;/h5-7,10,15-16H,8-9,11-13H2,1-4H3,(H,19,20);1H. The number of nitrogens with one attached hydrogen (secondary N) is 1. The van der Waals surface area contributed by atoms with Crippen molar-refractivity contribution < 1.29 is 9.47 Å². The van der Waals surface area contributed by atoms with Crippen LogP contribution in [0.25, 0.3) is 0 Å². The van der Waals surface area contributed by atoms with Crippen LogP contribution in [-0.4, -0.2) is 57.4 Å². The second-order valence-corrected chi connectivity index (χ2v) is 6.23. The van der Waals surface area contributed by atoms with Gasteiger partial charge in [-0.3, -0.25) is 4.99 Å². The van der Waals surface area contributed by atoms with Gasteiger partial charge in [-0.25, -0.2) is 0 Å². The number of guanidine groups is 1. The minimum atomic E-state index is 0. The molecule has 2 atom stereocenters. The first-order valence-electron chi connectivity index (χ1n) is 8.30. The number of ether oxygens (including phenoxy) is 2. The zero-order chi connectivity index (χ0) is 16.7. The van der Waals surface area contributed by atoms with Crippen LogP contribution in [0, 0.1) is 12.8 Å². The molecule has 0 amide bonds. The van der Waals surface area contributed by atoms with Crippen LogP contribution < -0.4 is 10.1 Å². The van der Waals surface area contributed by atoms with Crippen molar-refractivity contribution in [2.75, 3.05) is 40.4 Å². The van der Waals surface area contributed by atoms with Crippen LogP contribution >= 0.6 is 24.0 Å². The molecular formula is C18H30IN3O2. The Morgan fingerprint density at radius 2 is 2.25 bits per heavy atom. The molecule has 1 saturated heterocycles. The molecule has 1 aliphatic heterocycles. The second-order valence-electron chi connectivity index (χ2n) is 6.23. The van der Waals surface area contributed by atoms with Gasteiger partial charge in [-0.1, -0.05) is 12.1 Å². The number of nitrogens with zero attached hydrogens (tertiary/aromatic N) is 2. The van der Waals surface area contributed by atoms with E-state index in [1.54, 1.807) is 7.11 Å². The summed E-state index contributed by atoms with van der Waals surface area (Å²) in [5, 5.41) is 3.42. The van der Waals surface area contributed by atoms with Crippen molar-refractivity contribution in [3.05, 3.63) is 29.8 Å². The van der Waals surface area contributed by atoms with Crippen LogP contribution in [0.1, 0.15) is 18.9 Å². The first-order chi connectivity index (χ1) is 11.1. The van der Waals surface area contributed by atoms with Gasteiger partial charge in [0.05, 0.1) is 13.2 Å². The number of aryl methyl sites for hydroxylation is 1. The van der Waals surface area contributed by atoms with Gasteiger partial charge in [0.25, 0.3) is 0 Å². The third-order valence-corrected chi connectivity index (χ3v) is 4.07. The number of likely N-dealkylation sites (tertiary alicyclic amines) is 1. The van der Waals surface area contributed by atoms with Crippen LogP contribution in [0.3, 0.4) is 0 Å². The van der Waals surface area contributed by atoms with Crippen molar-refractivity contribution in [1.29, 1.82) is 0 Å². The number of benzene rings is 1. The van der Waals surface area contributed by atoms with Crippen LogP contribution in [0.2, 0.25) is 0 Å². The number of methoxy groups -OCH3 is 1. The molecule has 0 radical (unpaired) electrons. The summed E-state index contributed by atoms with van der Waals surface area (Å²) in [5.41, 5.74) is 1.21. The largest absolute Gasteiger partial charge is 0.489 e. The van der Waals surface area contributed by atoms with Gasteiger partial charge in [-0.05, 0) is 38.0 Å². The average molecular weight is 447 g/mol. The van der Waals surface area contributed by atoms with E-state index in [9.17, 15) is 0 Å². The van der Waals surface area contributed by atoms with Crippen LogP contribution in [-0.2, 0) is 4.74 Å². The number of rotatable bonds is 6. The monoisotopic (exact) mass is 447 g/mol. The summed E-state index contributed by atoms with van der Waals surface area (Å²) in [5.74, 6) is 2.46. The molecule has 1 fully saturated rings. The Hall–Kier alpha value is -1.02. The molecule has 24 heavy (non-hydrogen) atoms. The van der Waals surface area contributed by atoms with Crippen molar-refractivity contribution in [2.45, 2.75) is 26.4 Å². The van der Waals surface area contributed by atoms with Crippen LogP contribution in [0.15, 0.2) is 29.3 Å². The lowest BCUT2D eigenvalue weighted by molar-refractivity contribution is 0.157. The summed E-state index contributed by atoms with van der Waals surface area (Å²) in [6.07, 6.45) is 1.23. The molecule has 6 heteroatoms. The van der Waals surface area contributed by atoms with Gasteiger partial charge < -0.3 is 19.7 Å². The Morgan fingerprint density at radius 1 is 1.46 bits per heavy atom. The van der Waals surface area contributed by atoms with Crippen LogP contribution in [0.4, 0.5) is 0 Å². The predicted molar refractivity (Wildman–Crippen MR) is 110 cm³/mol. The first-order valence-corrected chi connectivity index (χ1v) is 8.30. The summed E-state index contributed by atoms with van der Waals surface area (Å²) < 4.78 is 11.2. The second kappa shape index (κ2) is 10.8. The highest BCUT2D eigenvalue weighted by Gasteiger charge is 2.24. The molecule has 0 bridgehead atoms. The Kier molecular flexibility index (Phi) is 9.43. The highest BCUT2D eigenvalue weighted by Crippen LogP contribution is 2.17. The lowest BCUT2D eigenvalue weighted by atomic mass is 10.1. The number of hydrogen-bond donors (Lipinski definition) is 1. The number of aliphatic imine (C=N–C) groups is 1. The maximum absolute atomic E-state index is 5.96. The molecule has 2 unspecified atom stereocenters. The molecule has 0 aliphatic carbocycles. The molecule has 0 spiro atoms. The topological polar surface area (TPSA) is 46.1 Å². The van der Waals surface area contributed by atoms with E-state index in [1.165, 1.54) is 5.56 Å². The summed E-state index contributed by atoms with van der Waals surface area (Å²) in [7, 11) is 3.60. The fourth-order valence-corrected chi connectivity index (χ4v) is 2.93. The van der Waals surface area contributed by atoms with E-state index in [0.717, 1.165) is 44.4 Å². The number of hydrogen-bond acceptors (Lipinski definition) is 3. The van der Waals surface area contributed by atoms with Gasteiger partial charge in [0.1, 0.15) is 11.9 Å². The van der Waals surface area contributed by atoms with E-state index >= 15 is 0 Å². The SMILES string of the molecule is CN=C(NCC(C)Oc1cccc(C)c1)N1CCC(COC)C1.I. The molecule has 1 aromatic rings. The zero-order valence-electron chi connectivity index (χ0n) is 15.1. The smallest absolute Gasteiger partial charge is 0.193 e. The van der Waals surface area contributed by atoms with Crippen LogP contribution in [0.5, 0.6) is 5.75 Å². The van der Waals surface area contributed by atoms with E-state index in [4.69, 9.17) is 9.47 Å². The van der Waals surface area contributed by atoms with Gasteiger partial charge >= 0.3 is 0 Å². The molecule has 0 saturated carbocycles. The molecule has 1 heterocycles. The van der Waals surface area contributed by atoms with E-state index in [0.29, 0.717) is 5.92 Å². The lowest BCUT2D eigenvalue weighted by Crippen LogP contribution is -2.43. The summed E-state index contributed by atoms with van der Waals surface area (Å²) in [4.78, 5) is 6.69. The molecule has 1 aromatic carbocycles. The lowest BCUT2D eigenvalue weighted by Gasteiger charge is -2.23. The third-order valence-electron chi connectivity index (χ3n) is 4.07. The van der Waals surface area contributed by atoms with Crippen molar-refractivity contribution >= 4 is 29.9 Å². The quantitative estimate of drug-likeness (QED) is 0.414. The third kappa shape index (κ3) is 6.47. The van der Waals surface area contributed by atoms with Crippen molar-refractivity contribution in [1.82, 2.24) is 10.2 Å². The van der Waals surface area contributed by atoms with Gasteiger partial charge in [0.15, 0.2) is 5.96 Å². The Bertz CT molecular complexity index is 525. The van der Waals surface area contributed by atoms with E-state index in [2.05, 4.69) is 41.2 Å². The van der Waals surface area contributed by atoms with Gasteiger partial charge in [-0.15, -0.1) is 24.0 Å².